The molecular formula is C18H27N6O3S+. The van der Waals surface area contributed by atoms with E-state index in [9.17, 15) is 8.42 Å². The van der Waals surface area contributed by atoms with Crippen LogP contribution in [0.15, 0.2) is 12.1 Å². The molecule has 0 radical (unpaired) electrons. The average Bonchev–Trinajstić information content (AvgIpc) is 3.35. The van der Waals surface area contributed by atoms with Crippen LogP contribution >= 0.6 is 0 Å². The highest BCUT2D eigenvalue weighted by molar-refractivity contribution is 7.91. The van der Waals surface area contributed by atoms with Crippen molar-refractivity contribution in [3.63, 3.8) is 0 Å². The van der Waals surface area contributed by atoms with Crippen molar-refractivity contribution >= 4 is 27.4 Å². The summed E-state index contributed by atoms with van der Waals surface area (Å²) >= 11 is 0. The Bertz CT molecular complexity index is 999. The first-order valence-corrected chi connectivity index (χ1v) is 11.3. The molecule has 9 nitrogen and oxygen atoms in total. The Kier molecular flexibility index (Phi) is 4.58. The van der Waals surface area contributed by atoms with E-state index < -0.39 is 14.6 Å². The van der Waals surface area contributed by atoms with Gasteiger partial charge in [-0.05, 0) is 26.7 Å². The fraction of sp³-hybridized carbons (Fsp3) is 0.611. The number of nitrogens with one attached hydrogen (secondary N) is 2. The van der Waals surface area contributed by atoms with Gasteiger partial charge >= 0.3 is 5.95 Å². The Hall–Kier alpha value is -2.20. The van der Waals surface area contributed by atoms with Gasteiger partial charge in [0, 0.05) is 30.6 Å². The number of aromatic amines is 1. The third-order valence-electron chi connectivity index (χ3n) is 5.65. The first-order valence-electron chi connectivity index (χ1n) is 9.46. The fourth-order valence-electron chi connectivity index (χ4n) is 3.84. The lowest BCUT2D eigenvalue weighted by Crippen LogP contribution is -2.47. The van der Waals surface area contributed by atoms with Gasteiger partial charge in [-0.25, -0.2) is 18.3 Å². The van der Waals surface area contributed by atoms with Gasteiger partial charge in [0.15, 0.2) is 9.84 Å². The number of hydrogen-bond acceptors (Lipinski definition) is 7. The van der Waals surface area contributed by atoms with Crippen molar-refractivity contribution < 1.29 is 17.7 Å². The summed E-state index contributed by atoms with van der Waals surface area (Å²) in [5.41, 5.74) is 1.69. The van der Waals surface area contributed by atoms with Crippen molar-refractivity contribution in [1.29, 1.82) is 0 Å². The molecule has 0 spiro atoms. The second kappa shape index (κ2) is 6.70. The molecule has 2 aromatic rings. The number of H-pyrrole nitrogens is 1. The molecule has 0 amide bonds. The van der Waals surface area contributed by atoms with E-state index in [4.69, 9.17) is 9.72 Å². The van der Waals surface area contributed by atoms with Crippen molar-refractivity contribution in [2.45, 2.75) is 37.5 Å². The number of aryl methyl sites for hydroxylation is 1. The highest BCUT2D eigenvalue weighted by Gasteiger charge is 2.57. The molecule has 2 aromatic heterocycles. The molecule has 2 aliphatic rings. The zero-order chi connectivity index (χ0) is 20.1. The Morgan fingerprint density at radius 3 is 2.71 bits per heavy atom. The van der Waals surface area contributed by atoms with Crippen LogP contribution in [0.3, 0.4) is 0 Å². The highest BCUT2D eigenvalue weighted by atomic mass is 32.2. The van der Waals surface area contributed by atoms with Crippen LogP contribution in [0.4, 0.5) is 17.6 Å². The van der Waals surface area contributed by atoms with Gasteiger partial charge in [0.1, 0.15) is 10.4 Å². The van der Waals surface area contributed by atoms with E-state index in [1.807, 2.05) is 30.7 Å². The number of sulfone groups is 1. The molecule has 0 unspecified atom stereocenters. The van der Waals surface area contributed by atoms with Gasteiger partial charge in [-0.2, -0.15) is 0 Å². The minimum absolute atomic E-state index is 0.163. The maximum atomic E-state index is 12.6. The summed E-state index contributed by atoms with van der Waals surface area (Å²) in [4.78, 5) is 6.98. The van der Waals surface area contributed by atoms with Crippen LogP contribution in [0.25, 0.3) is 0 Å². The predicted molar refractivity (Wildman–Crippen MR) is 105 cm³/mol. The van der Waals surface area contributed by atoms with Crippen molar-refractivity contribution in [3.8, 4) is 0 Å². The molecule has 2 N–H and O–H groups in total. The molecule has 152 valence electrons. The zero-order valence-corrected chi connectivity index (χ0v) is 17.5. The van der Waals surface area contributed by atoms with E-state index in [2.05, 4.69) is 27.3 Å². The minimum atomic E-state index is -3.25. The predicted octanol–water partition coefficient (Wildman–Crippen LogP) is 0.940. The molecule has 28 heavy (non-hydrogen) atoms. The van der Waals surface area contributed by atoms with E-state index in [1.54, 1.807) is 0 Å². The second-order valence-corrected chi connectivity index (χ2v) is 10.2. The van der Waals surface area contributed by atoms with Gasteiger partial charge < -0.3 is 9.64 Å². The zero-order valence-electron chi connectivity index (χ0n) is 16.7. The van der Waals surface area contributed by atoms with E-state index >= 15 is 0 Å². The summed E-state index contributed by atoms with van der Waals surface area (Å²) in [7, 11) is -1.41. The molecule has 4 rings (SSSR count). The van der Waals surface area contributed by atoms with Crippen LogP contribution in [0.1, 0.15) is 31.2 Å². The summed E-state index contributed by atoms with van der Waals surface area (Å²) in [6.07, 6.45) is 2.58. The summed E-state index contributed by atoms with van der Waals surface area (Å²) in [6, 6.07) is 3.97. The van der Waals surface area contributed by atoms with E-state index in [1.165, 1.54) is 6.26 Å². The number of hydrogen-bond donors (Lipinski definition) is 2. The van der Waals surface area contributed by atoms with Crippen LogP contribution < -0.4 is 14.8 Å². The SMILES string of the molecule is Cc1cc(Nc2nc(N3CCOC[C@H]3C)cc(C3(S(C)(=O)=O)CC3)[n+]2C)n[nH]1. The van der Waals surface area contributed by atoms with Crippen LogP contribution in [0.5, 0.6) is 0 Å². The normalized spacial score (nSPS) is 21.6. The van der Waals surface area contributed by atoms with Crippen molar-refractivity contribution in [2.24, 2.45) is 7.05 Å². The van der Waals surface area contributed by atoms with Gasteiger partial charge in [-0.1, -0.05) is 4.98 Å². The Morgan fingerprint density at radius 1 is 1.39 bits per heavy atom. The van der Waals surface area contributed by atoms with Crippen LogP contribution in [0.2, 0.25) is 0 Å². The number of nitrogens with zero attached hydrogens (tertiary/aromatic N) is 4. The highest BCUT2D eigenvalue weighted by Crippen LogP contribution is 2.51. The molecule has 1 aliphatic heterocycles. The smallest absolute Gasteiger partial charge is 0.377 e. The van der Waals surface area contributed by atoms with Gasteiger partial charge in [0.25, 0.3) is 0 Å². The summed E-state index contributed by atoms with van der Waals surface area (Å²) in [5, 5.41) is 10.4. The number of aromatic nitrogens is 4. The Balaban J connectivity index is 1.83. The molecule has 3 heterocycles. The maximum Gasteiger partial charge on any atom is 0.399 e. The summed E-state index contributed by atoms with van der Waals surface area (Å²) in [6.45, 7) is 5.97. The Morgan fingerprint density at radius 2 is 2.14 bits per heavy atom. The van der Waals surface area contributed by atoms with Gasteiger partial charge in [0.05, 0.1) is 26.3 Å². The van der Waals surface area contributed by atoms with Crippen LogP contribution in [-0.2, 0) is 26.4 Å². The van der Waals surface area contributed by atoms with Gasteiger partial charge in [-0.3, -0.25) is 5.10 Å². The third kappa shape index (κ3) is 3.24. The van der Waals surface area contributed by atoms with E-state index in [0.29, 0.717) is 44.4 Å². The minimum Gasteiger partial charge on any atom is -0.377 e. The van der Waals surface area contributed by atoms with Crippen LogP contribution in [0, 0.1) is 6.92 Å². The molecule has 1 saturated heterocycles. The Labute approximate surface area is 165 Å². The third-order valence-corrected chi connectivity index (χ3v) is 7.69. The summed E-state index contributed by atoms with van der Waals surface area (Å²) in [5.74, 6) is 1.96. The largest absolute Gasteiger partial charge is 0.399 e. The molecule has 1 atom stereocenters. The summed E-state index contributed by atoms with van der Waals surface area (Å²) < 4.78 is 31.7. The lowest BCUT2D eigenvalue weighted by atomic mass is 10.2. The molecule has 0 bridgehead atoms. The maximum absolute atomic E-state index is 12.6. The van der Waals surface area contributed by atoms with E-state index in [-0.39, 0.29) is 6.04 Å². The van der Waals surface area contributed by atoms with Gasteiger partial charge in [0.2, 0.25) is 11.6 Å². The quantitative estimate of drug-likeness (QED) is 0.711. The fourth-order valence-corrected chi connectivity index (χ4v) is 5.26. The lowest BCUT2D eigenvalue weighted by Gasteiger charge is -2.33. The number of anilines is 3. The molecule has 10 heteroatoms. The molecule has 0 aromatic carbocycles. The average molecular weight is 408 g/mol. The van der Waals surface area contributed by atoms with Crippen LogP contribution in [-0.4, -0.2) is 55.7 Å². The lowest BCUT2D eigenvalue weighted by molar-refractivity contribution is -0.668. The molecular weight excluding hydrogens is 380 g/mol. The number of morpholine rings is 1. The topological polar surface area (TPSA) is 104 Å². The molecule has 1 saturated carbocycles. The molecule has 2 fully saturated rings. The second-order valence-electron chi connectivity index (χ2n) is 7.83. The van der Waals surface area contributed by atoms with Crippen molar-refractivity contribution in [1.82, 2.24) is 15.2 Å². The monoisotopic (exact) mass is 407 g/mol. The standard InChI is InChI=1S/C18H26N6O3S/c1-12-9-15(22-21-12)19-17-20-16(24-7-8-27-11-13(24)2)10-14(23(17)3)18(5-6-18)28(4,25)26/h9-10,13H,5-8,11H2,1-4H3,(H,21,22)/p+1/t13-/m1/s1. The van der Waals surface area contributed by atoms with Crippen molar-refractivity contribution in [2.75, 3.05) is 36.2 Å². The van der Waals surface area contributed by atoms with Crippen molar-refractivity contribution in [3.05, 3.63) is 23.5 Å². The number of rotatable bonds is 5. The first kappa shape index (κ1) is 19.1. The number of ether oxygens (including phenoxy) is 1. The van der Waals surface area contributed by atoms with Gasteiger partial charge in [-0.15, -0.1) is 5.10 Å². The molecule has 1 aliphatic carbocycles. The van der Waals surface area contributed by atoms with E-state index in [0.717, 1.165) is 17.2 Å². The first-order chi connectivity index (χ1) is 13.2.